The Morgan fingerprint density at radius 3 is 0.641 bits per heavy atom. The highest BCUT2D eigenvalue weighted by Gasteiger charge is 2.30. The summed E-state index contributed by atoms with van der Waals surface area (Å²) in [6.45, 7) is 36.8. The number of aromatic nitrogens is 8. The van der Waals surface area contributed by atoms with Crippen LogP contribution in [0.4, 0.5) is 0 Å². The summed E-state index contributed by atoms with van der Waals surface area (Å²) in [5, 5.41) is 2.16. The molecule has 9 rings (SSSR count). The van der Waals surface area contributed by atoms with Gasteiger partial charge in [0.25, 0.3) is 0 Å². The zero-order valence-electron chi connectivity index (χ0n) is 76.3. The van der Waals surface area contributed by atoms with Crippen LogP contribution in [-0.2, 0) is 114 Å². The molecule has 0 fully saturated rings. The van der Waals surface area contributed by atoms with Crippen molar-refractivity contribution in [2.75, 3.05) is 317 Å². The van der Waals surface area contributed by atoms with Crippen LogP contribution in [0.2, 0.25) is 0 Å². The molecule has 3 aromatic heterocycles. The summed E-state index contributed by atoms with van der Waals surface area (Å²) in [5.41, 5.74) is 4.95. The topological polar surface area (TPSA) is 330 Å². The minimum atomic E-state index is -0.237. The van der Waals surface area contributed by atoms with Gasteiger partial charge in [-0.3, -0.25) is 0 Å². The second-order valence-electron chi connectivity index (χ2n) is 28.4. The van der Waals surface area contributed by atoms with Gasteiger partial charge in [0.1, 0.15) is 22.6 Å². The van der Waals surface area contributed by atoms with E-state index in [2.05, 4.69) is 46.4 Å². The molecule has 0 atom stereocenters. The number of aromatic amines is 2. The maximum absolute atomic E-state index is 6.45. The van der Waals surface area contributed by atoms with Crippen LogP contribution >= 0.6 is 47.0 Å². The van der Waals surface area contributed by atoms with E-state index < -0.39 is 0 Å². The van der Waals surface area contributed by atoms with Crippen LogP contribution < -0.4 is 0 Å². The number of benzene rings is 4. The lowest BCUT2D eigenvalue weighted by Gasteiger charge is -2.19. The number of nitrogens with zero attached hydrogens (tertiary/aromatic N) is 6. The Bertz CT molecular complexity index is 3960. The molecule has 4 aromatic carbocycles. The van der Waals surface area contributed by atoms with E-state index in [1.54, 1.807) is 47.0 Å². The van der Waals surface area contributed by atoms with E-state index in [9.17, 15) is 0 Å². The fourth-order valence-corrected chi connectivity index (χ4v) is 17.7. The minimum absolute atomic E-state index is 0.234. The summed E-state index contributed by atoms with van der Waals surface area (Å²) in [4.78, 5) is 45.1. The number of fused-ring (bicyclic) bond motifs is 20. The summed E-state index contributed by atoms with van der Waals surface area (Å²) < 4.78 is 143. The Labute approximate surface area is 771 Å². The van der Waals surface area contributed by atoms with E-state index in [4.69, 9.17) is 144 Å². The van der Waals surface area contributed by atoms with Gasteiger partial charge in [-0.25, -0.2) is 29.9 Å². The quantitative estimate of drug-likeness (QED) is 0.0264. The summed E-state index contributed by atoms with van der Waals surface area (Å²) in [6.07, 6.45) is 0. The molecule has 0 saturated carbocycles. The molecule has 714 valence electrons. The number of nitrogens with one attached hydrogen (secondary N) is 2. The van der Waals surface area contributed by atoms with Gasteiger partial charge in [-0.1, -0.05) is 48.5 Å². The Kier molecular flexibility index (Phi) is 55.6. The van der Waals surface area contributed by atoms with Gasteiger partial charge in [0.2, 0.25) is 0 Å². The maximum Gasteiger partial charge on any atom is 0.165 e. The second kappa shape index (κ2) is 67.0. The third kappa shape index (κ3) is 38.9. The van der Waals surface area contributed by atoms with E-state index in [1.807, 2.05) is 91.8 Å². The first-order chi connectivity index (χ1) is 63.3. The van der Waals surface area contributed by atoms with Gasteiger partial charge in [0.05, 0.1) is 285 Å². The molecule has 128 heavy (non-hydrogen) atoms. The number of ether oxygens (including phenoxy) is 24. The van der Waals surface area contributed by atoms with E-state index in [-0.39, 0.29) is 21.0 Å². The van der Waals surface area contributed by atoms with Gasteiger partial charge < -0.3 is 124 Å². The summed E-state index contributed by atoms with van der Waals surface area (Å²) in [6, 6.07) is 24.7. The van der Waals surface area contributed by atoms with Gasteiger partial charge in [-0.15, -0.1) is 47.0 Å². The average molecular weight is 1870 g/mol. The van der Waals surface area contributed by atoms with Crippen LogP contribution in [0, 0.1) is 0 Å². The summed E-state index contributed by atoms with van der Waals surface area (Å²) >= 11 is 6.49. The number of hydrogen-bond acceptors (Lipinski definition) is 34. The first-order valence-corrected chi connectivity index (χ1v) is 48.7. The molecule has 0 saturated heterocycles. The van der Waals surface area contributed by atoms with Crippen LogP contribution in [-0.4, -0.2) is 378 Å². The number of hydrogen-bond donors (Lipinski definition) is 2. The highest BCUT2D eigenvalue weighted by Crippen LogP contribution is 2.46. The average Bonchev–Trinajstić information content (AvgIpc) is 1.59. The van der Waals surface area contributed by atoms with Crippen molar-refractivity contribution < 1.29 is 114 Å². The monoisotopic (exact) mass is 1870 g/mol. The Balaban J connectivity index is 1.25. The standard InChI is InChI=1S/C92H138N8O24S4/c1-9-101-29-37-109-45-53-117-61-69(62-118-54-46-110-38-30-102-10-2)125-77-25-17-21-73-81(77)89-93-85(73)98-90-83-75(23-19-27-79(83)127-71(65-121-57-49-113-41-33-105-13-5)66-122-58-50-114-42-34-106-14-6)87(95-90)100-92-84-76(24-20-28-80(84)128-72(67-123-59-51-115-43-35-107-15-7)68-124-60-52-116-44-36-108-16-8)88(96-92)99-91-82-74(86(94-91)97-89)22-18-26-78(82)126-70(63-119-55-47-111-39-31-103-11-3)64-120-56-48-112-40-32-104-12-4/h17-28,69-72H,9-16,29-68H2,1-8H3,(H2,93,94,95,96,97,98,99,100). The van der Waals surface area contributed by atoms with Gasteiger partial charge in [0, 0.05) is 116 Å². The second-order valence-corrected chi connectivity index (χ2v) is 33.7. The van der Waals surface area contributed by atoms with E-state index >= 15 is 0 Å². The first kappa shape index (κ1) is 106. The van der Waals surface area contributed by atoms with Crippen LogP contribution in [0.1, 0.15) is 55.4 Å². The van der Waals surface area contributed by atoms with Crippen LogP contribution in [0.25, 0.3) is 89.7 Å². The van der Waals surface area contributed by atoms with Crippen molar-refractivity contribution >= 4 is 91.2 Å². The molecule has 2 aliphatic rings. The number of thioether (sulfide) groups is 4. The predicted molar refractivity (Wildman–Crippen MR) is 500 cm³/mol. The van der Waals surface area contributed by atoms with Gasteiger partial charge in [-0.05, 0) is 79.7 Å². The molecular formula is C92H138N8O24S4. The maximum atomic E-state index is 6.45. The van der Waals surface area contributed by atoms with Gasteiger partial charge >= 0.3 is 0 Å². The molecule has 2 N–H and O–H groups in total. The third-order valence-electron chi connectivity index (χ3n) is 19.0. The lowest BCUT2D eigenvalue weighted by molar-refractivity contribution is 0.00330. The van der Waals surface area contributed by atoms with Crippen molar-refractivity contribution in [3.63, 3.8) is 0 Å². The van der Waals surface area contributed by atoms with E-state index in [0.717, 1.165) is 63.4 Å². The van der Waals surface area contributed by atoms with Crippen LogP contribution in [0.3, 0.4) is 0 Å². The van der Waals surface area contributed by atoms with Gasteiger partial charge in [0.15, 0.2) is 23.3 Å². The highest BCUT2D eigenvalue weighted by atomic mass is 32.2. The number of H-pyrrole nitrogens is 2. The zero-order valence-corrected chi connectivity index (χ0v) is 79.6. The molecule has 0 aliphatic carbocycles. The predicted octanol–water partition coefficient (Wildman–Crippen LogP) is 13.3. The van der Waals surface area contributed by atoms with Gasteiger partial charge in [-0.2, -0.15) is 0 Å². The highest BCUT2D eigenvalue weighted by molar-refractivity contribution is 8.01. The van der Waals surface area contributed by atoms with E-state index in [0.29, 0.717) is 363 Å². The third-order valence-corrected chi connectivity index (χ3v) is 23.8. The summed E-state index contributed by atoms with van der Waals surface area (Å²) in [7, 11) is 0. The van der Waals surface area contributed by atoms with Crippen molar-refractivity contribution in [2.24, 2.45) is 0 Å². The molecule has 7 aromatic rings. The van der Waals surface area contributed by atoms with E-state index in [1.165, 1.54) is 0 Å². The molecule has 5 heterocycles. The Hall–Kier alpha value is -5.32. The Morgan fingerprint density at radius 2 is 0.406 bits per heavy atom. The van der Waals surface area contributed by atoms with Crippen LogP contribution in [0.5, 0.6) is 0 Å². The molecule has 2 aliphatic heterocycles. The lowest BCUT2D eigenvalue weighted by Crippen LogP contribution is -2.22. The molecule has 0 radical (unpaired) electrons. The summed E-state index contributed by atoms with van der Waals surface area (Å²) in [5.74, 6) is 1.61. The van der Waals surface area contributed by atoms with Crippen molar-refractivity contribution in [3.05, 3.63) is 72.8 Å². The van der Waals surface area contributed by atoms with Crippen molar-refractivity contribution in [1.29, 1.82) is 0 Å². The van der Waals surface area contributed by atoms with Crippen LogP contribution in [0.15, 0.2) is 92.4 Å². The van der Waals surface area contributed by atoms with Crippen molar-refractivity contribution in [2.45, 2.75) is 96.0 Å². The first-order valence-electron chi connectivity index (χ1n) is 45.2. The molecule has 0 unspecified atom stereocenters. The molecule has 0 amide bonds. The molecular weight excluding hydrogens is 1730 g/mol. The normalized spacial score (nSPS) is 12.2. The number of rotatable bonds is 80. The van der Waals surface area contributed by atoms with Crippen molar-refractivity contribution in [1.82, 2.24) is 39.9 Å². The largest absolute Gasteiger partial charge is 0.379 e. The van der Waals surface area contributed by atoms with Crippen molar-refractivity contribution in [3.8, 4) is 45.6 Å². The minimum Gasteiger partial charge on any atom is -0.379 e. The SMILES string of the molecule is CCOCCOCCOCC(COCCOCCOCC)Sc1cccc2c1-c1nc-2nc2[nH]c(nc3nc(nc4[nH]c(n1)c1cccc(SC(COCCOCCOCC)COCCOCCOCC)c41)-c1cccc(SC(COCCOCCOCC)COCCOCCOCC)c1-3)c1cccc(SC(COCCOCCOCC)COCCOCCOCC)c21. The molecule has 8 bridgehead atoms. The molecule has 36 heteroatoms. The molecule has 0 spiro atoms. The lowest BCUT2D eigenvalue weighted by atomic mass is 10.1. The fourth-order valence-electron chi connectivity index (χ4n) is 13.0. The zero-order chi connectivity index (χ0) is 89.7. The molecule has 32 nitrogen and oxygen atoms in total. The Morgan fingerprint density at radius 1 is 0.211 bits per heavy atom. The fraction of sp³-hybridized carbons (Fsp3) is 0.652. The smallest absolute Gasteiger partial charge is 0.165 e.